The second kappa shape index (κ2) is 12.2. The Kier molecular flexibility index (Phi) is 8.37. The summed E-state index contributed by atoms with van der Waals surface area (Å²) in [6, 6.07) is 59.9. The van der Waals surface area contributed by atoms with Crippen LogP contribution in [0.25, 0.3) is 22.3 Å². The Hall–Kier alpha value is -3.23. The van der Waals surface area contributed by atoms with Crippen LogP contribution in [0.4, 0.5) is 0 Å². The molecule has 0 radical (unpaired) electrons. The molecule has 0 aliphatic heterocycles. The summed E-state index contributed by atoms with van der Waals surface area (Å²) >= 11 is -2.99. The molecular weight excluding hydrogens is 718 g/mol. The van der Waals surface area contributed by atoms with Crippen LogP contribution >= 0.6 is 0 Å². The maximum atomic E-state index is 2.43. The summed E-state index contributed by atoms with van der Waals surface area (Å²) in [5, 5.41) is 0. The van der Waals surface area contributed by atoms with E-state index < -0.39 is 21.4 Å². The zero-order valence-electron chi connectivity index (χ0n) is 23.0. The van der Waals surface area contributed by atoms with Crippen molar-refractivity contribution in [2.45, 2.75) is 11.0 Å². The fourth-order valence-corrected chi connectivity index (χ4v) is 23.9. The topological polar surface area (TPSA) is 0 Å². The van der Waals surface area contributed by atoms with E-state index >= 15 is 0 Å². The van der Waals surface area contributed by atoms with Crippen LogP contribution in [-0.2, 0) is 21.4 Å². The van der Waals surface area contributed by atoms with Crippen LogP contribution in [0.5, 0.6) is 0 Å². The Bertz CT molecular complexity index is 1600. The Balaban J connectivity index is 0.00000158. The predicted molar refractivity (Wildman–Crippen MR) is 162 cm³/mol. The van der Waals surface area contributed by atoms with Crippen LogP contribution in [0.3, 0.4) is 0 Å². The van der Waals surface area contributed by atoms with Gasteiger partial charge >= 0.3 is 246 Å². The first-order valence-electron chi connectivity index (χ1n) is 14.2. The van der Waals surface area contributed by atoms with Crippen molar-refractivity contribution < 1.29 is 46.3 Å². The minimum absolute atomic E-state index is 0. The Labute approximate surface area is 268 Å². The van der Waals surface area contributed by atoms with E-state index in [1.165, 1.54) is 33.4 Å². The quantitative estimate of drug-likeness (QED) is 0.235. The second-order valence-electron chi connectivity index (χ2n) is 11.0. The average Bonchev–Trinajstić information content (AvgIpc) is 3.54. The van der Waals surface area contributed by atoms with Crippen molar-refractivity contribution in [1.29, 1.82) is 0 Å². The van der Waals surface area contributed by atoms with Gasteiger partial charge in [0.05, 0.1) is 0 Å². The molecule has 8 rings (SSSR count). The third kappa shape index (κ3) is 4.63. The first kappa shape index (κ1) is 28.9. The summed E-state index contributed by atoms with van der Waals surface area (Å²) in [6.45, 7) is 0. The number of halogens is 2. The molecule has 0 saturated carbocycles. The van der Waals surface area contributed by atoms with E-state index in [4.69, 9.17) is 0 Å². The van der Waals surface area contributed by atoms with Crippen LogP contribution in [0.2, 0.25) is 0 Å². The van der Waals surface area contributed by atoms with Gasteiger partial charge in [0.2, 0.25) is 0 Å². The Morgan fingerprint density at radius 2 is 0.595 bits per heavy atom. The van der Waals surface area contributed by atoms with Gasteiger partial charge in [-0.3, -0.25) is 0 Å². The predicted octanol–water partition coefficient (Wildman–Crippen LogP) is 3.94. The Morgan fingerprint density at radius 3 is 0.905 bits per heavy atom. The molecule has 203 valence electrons. The van der Waals surface area contributed by atoms with Gasteiger partial charge in [0, 0.05) is 0 Å². The molecule has 0 N–H and O–H groups in total. The van der Waals surface area contributed by atoms with Crippen molar-refractivity contribution >= 4 is 0 Å². The van der Waals surface area contributed by atoms with Crippen LogP contribution in [0, 0.1) is 0 Å². The minimum atomic E-state index is -2.99. The standard InChI is InChI=1S/2C13H9.C13H11.2ClH.Hf/c2*1-3-7-12-10(5-1)9-11-6-2-4-8-13(11)12;1-3-7-12(8-4-1)11-13-9-5-2-6-10-13;;;/h2*1-9H;1-11H;2*1H;/q;;;;;+2/p-2. The zero-order valence-corrected chi connectivity index (χ0v) is 28.1. The van der Waals surface area contributed by atoms with Crippen molar-refractivity contribution in [3.63, 3.8) is 0 Å². The van der Waals surface area contributed by atoms with Crippen LogP contribution < -0.4 is 24.8 Å². The molecule has 0 bridgehead atoms. The van der Waals surface area contributed by atoms with Crippen molar-refractivity contribution in [2.75, 3.05) is 0 Å². The van der Waals surface area contributed by atoms with Crippen molar-refractivity contribution in [1.82, 2.24) is 0 Å². The van der Waals surface area contributed by atoms with Gasteiger partial charge in [0.25, 0.3) is 0 Å². The molecule has 2 aliphatic rings. The first-order chi connectivity index (χ1) is 19.9. The number of hydrogen-bond donors (Lipinski definition) is 0. The Morgan fingerprint density at radius 1 is 0.333 bits per heavy atom. The van der Waals surface area contributed by atoms with E-state index in [2.05, 4.69) is 158 Å². The SMILES string of the molecule is [Cl-].[Cl-].c1ccc([CH](c2ccccc2)[Hf+2]([CH]2c3ccccc3-c3ccccc32)[CH]2c3ccccc3-c3ccccc32)cc1. The van der Waals surface area contributed by atoms with E-state index in [1.807, 2.05) is 0 Å². The number of fused-ring (bicyclic) bond motifs is 6. The molecular formula is C39H29Cl2Hf. The first-order valence-corrected chi connectivity index (χ1v) is 20.5. The number of hydrogen-bond acceptors (Lipinski definition) is 0. The molecule has 0 fully saturated rings. The molecule has 0 spiro atoms. The summed E-state index contributed by atoms with van der Waals surface area (Å²) < 4.78 is 1.35. The maximum absolute atomic E-state index is 2.99. The number of rotatable bonds is 5. The molecule has 6 aromatic rings. The summed E-state index contributed by atoms with van der Waals surface area (Å²) in [5.41, 5.74) is 14.9. The van der Waals surface area contributed by atoms with Gasteiger partial charge in [-0.05, 0) is 0 Å². The fraction of sp³-hybridized carbons (Fsp3) is 0.0769. The van der Waals surface area contributed by atoms with E-state index in [9.17, 15) is 0 Å². The molecule has 3 heteroatoms. The van der Waals surface area contributed by atoms with Crippen LogP contribution in [0.15, 0.2) is 158 Å². The van der Waals surface area contributed by atoms with Gasteiger partial charge in [-0.25, -0.2) is 0 Å². The van der Waals surface area contributed by atoms with Gasteiger partial charge in [-0.2, -0.15) is 0 Å². The van der Waals surface area contributed by atoms with E-state index in [1.54, 1.807) is 22.3 Å². The van der Waals surface area contributed by atoms with Gasteiger partial charge in [0.1, 0.15) is 0 Å². The van der Waals surface area contributed by atoms with E-state index in [0.717, 1.165) is 0 Å². The fourth-order valence-electron chi connectivity index (χ4n) is 7.40. The molecule has 0 heterocycles. The van der Waals surface area contributed by atoms with Crippen molar-refractivity contribution in [3.05, 3.63) is 191 Å². The molecule has 42 heavy (non-hydrogen) atoms. The van der Waals surface area contributed by atoms with Gasteiger partial charge in [0.15, 0.2) is 0 Å². The molecule has 0 nitrogen and oxygen atoms in total. The molecule has 0 amide bonds. The summed E-state index contributed by atoms with van der Waals surface area (Å²) in [7, 11) is 0. The van der Waals surface area contributed by atoms with Gasteiger partial charge < -0.3 is 24.8 Å². The monoisotopic (exact) mass is 747 g/mol. The molecule has 0 atom stereocenters. The third-order valence-electron chi connectivity index (χ3n) is 8.93. The van der Waals surface area contributed by atoms with Gasteiger partial charge in [-0.15, -0.1) is 0 Å². The third-order valence-corrected chi connectivity index (χ3v) is 23.0. The van der Waals surface area contributed by atoms with Crippen molar-refractivity contribution in [2.24, 2.45) is 0 Å². The van der Waals surface area contributed by atoms with Crippen molar-refractivity contribution in [3.8, 4) is 22.3 Å². The normalized spacial score (nSPS) is 12.9. The molecule has 0 unspecified atom stereocenters. The van der Waals surface area contributed by atoms with Crippen LogP contribution in [-0.4, -0.2) is 0 Å². The van der Waals surface area contributed by atoms with E-state index in [0.29, 0.717) is 11.0 Å². The summed E-state index contributed by atoms with van der Waals surface area (Å²) in [6.07, 6.45) is 0. The molecule has 6 aromatic carbocycles. The average molecular weight is 747 g/mol. The van der Waals surface area contributed by atoms with Crippen LogP contribution in [0.1, 0.15) is 44.4 Å². The summed E-state index contributed by atoms with van der Waals surface area (Å²) in [5.74, 6) is 0. The zero-order chi connectivity index (χ0) is 26.5. The van der Waals surface area contributed by atoms with E-state index in [-0.39, 0.29) is 24.8 Å². The molecule has 0 saturated heterocycles. The molecule has 0 aromatic heterocycles. The summed E-state index contributed by atoms with van der Waals surface area (Å²) in [4.78, 5) is 0. The van der Waals surface area contributed by atoms with Gasteiger partial charge in [-0.1, -0.05) is 0 Å². The second-order valence-corrected chi connectivity index (χ2v) is 20.8. The molecule has 2 aliphatic carbocycles. The number of benzene rings is 6.